The first-order valence-electron chi connectivity index (χ1n) is 5.41. The summed E-state index contributed by atoms with van der Waals surface area (Å²) in [5, 5.41) is 0. The molecule has 0 amide bonds. The molecule has 1 heterocycles. The highest BCUT2D eigenvalue weighted by Crippen LogP contribution is 2.43. The van der Waals surface area contributed by atoms with Crippen LogP contribution in [0.1, 0.15) is 46.0 Å². The van der Waals surface area contributed by atoms with Gasteiger partial charge in [-0.15, -0.1) is 0 Å². The van der Waals surface area contributed by atoms with Crippen molar-refractivity contribution in [2.75, 3.05) is 13.1 Å². The number of piperidine rings is 1. The zero-order valence-electron chi connectivity index (χ0n) is 8.47. The topological polar surface area (TPSA) is 3.24 Å². The lowest BCUT2D eigenvalue weighted by atomic mass is 9.67. The number of rotatable bonds is 1. The molecular weight excluding hydrogens is 146 g/mol. The van der Waals surface area contributed by atoms with Gasteiger partial charge < -0.3 is 4.90 Å². The van der Waals surface area contributed by atoms with Gasteiger partial charge in [0.15, 0.2) is 0 Å². The lowest BCUT2D eigenvalue weighted by Crippen LogP contribution is -2.50. The normalized spacial score (nSPS) is 31.5. The predicted molar refractivity (Wildman–Crippen MR) is 52.2 cm³/mol. The van der Waals surface area contributed by atoms with Crippen molar-refractivity contribution in [1.29, 1.82) is 0 Å². The highest BCUT2D eigenvalue weighted by Gasteiger charge is 2.39. The SMILES string of the molecule is CC1(C)CC(N2CCCCC2)C1. The second-order valence-electron chi connectivity index (χ2n) is 5.32. The van der Waals surface area contributed by atoms with Crippen molar-refractivity contribution < 1.29 is 0 Å². The van der Waals surface area contributed by atoms with E-state index in [1.807, 2.05) is 0 Å². The Balaban J connectivity index is 1.79. The number of hydrogen-bond donors (Lipinski definition) is 0. The van der Waals surface area contributed by atoms with Crippen LogP contribution in [0.5, 0.6) is 0 Å². The number of hydrogen-bond acceptors (Lipinski definition) is 1. The predicted octanol–water partition coefficient (Wildman–Crippen LogP) is 2.66. The third kappa shape index (κ3) is 1.66. The van der Waals surface area contributed by atoms with Gasteiger partial charge in [-0.1, -0.05) is 20.3 Å². The molecule has 1 aliphatic heterocycles. The first-order valence-corrected chi connectivity index (χ1v) is 5.41. The maximum absolute atomic E-state index is 2.72. The quantitative estimate of drug-likeness (QED) is 0.580. The average molecular weight is 167 g/mol. The summed E-state index contributed by atoms with van der Waals surface area (Å²) >= 11 is 0. The van der Waals surface area contributed by atoms with E-state index in [2.05, 4.69) is 18.7 Å². The monoisotopic (exact) mass is 167 g/mol. The fourth-order valence-electron chi connectivity index (χ4n) is 2.76. The smallest absolute Gasteiger partial charge is 0.0105 e. The Morgan fingerprint density at radius 1 is 1.00 bits per heavy atom. The molecule has 0 atom stereocenters. The molecule has 0 unspecified atom stereocenters. The maximum atomic E-state index is 2.72. The Labute approximate surface area is 76.1 Å². The van der Waals surface area contributed by atoms with Gasteiger partial charge in [0.25, 0.3) is 0 Å². The van der Waals surface area contributed by atoms with E-state index in [0.717, 1.165) is 6.04 Å². The number of nitrogens with zero attached hydrogens (tertiary/aromatic N) is 1. The molecule has 2 fully saturated rings. The van der Waals surface area contributed by atoms with Gasteiger partial charge in [-0.3, -0.25) is 0 Å². The molecule has 0 aromatic carbocycles. The Hall–Kier alpha value is -0.0400. The van der Waals surface area contributed by atoms with Gasteiger partial charge in [0.2, 0.25) is 0 Å². The second-order valence-corrected chi connectivity index (χ2v) is 5.32. The summed E-state index contributed by atoms with van der Waals surface area (Å²) in [6, 6.07) is 0.945. The molecule has 2 rings (SSSR count). The summed E-state index contributed by atoms with van der Waals surface area (Å²) in [6.07, 6.45) is 7.22. The fourth-order valence-corrected chi connectivity index (χ4v) is 2.76. The van der Waals surface area contributed by atoms with E-state index in [0.29, 0.717) is 5.41 Å². The molecule has 0 spiro atoms. The minimum atomic E-state index is 0.655. The Morgan fingerprint density at radius 2 is 1.58 bits per heavy atom. The van der Waals surface area contributed by atoms with Gasteiger partial charge >= 0.3 is 0 Å². The van der Waals surface area contributed by atoms with Crippen molar-refractivity contribution in [3.63, 3.8) is 0 Å². The van der Waals surface area contributed by atoms with E-state index < -0.39 is 0 Å². The van der Waals surface area contributed by atoms with Crippen LogP contribution in [0.15, 0.2) is 0 Å². The van der Waals surface area contributed by atoms with Crippen LogP contribution >= 0.6 is 0 Å². The fraction of sp³-hybridized carbons (Fsp3) is 1.00. The van der Waals surface area contributed by atoms with Crippen molar-refractivity contribution in [3.8, 4) is 0 Å². The van der Waals surface area contributed by atoms with Gasteiger partial charge in [-0.25, -0.2) is 0 Å². The van der Waals surface area contributed by atoms with Crippen LogP contribution in [0.25, 0.3) is 0 Å². The van der Waals surface area contributed by atoms with Gasteiger partial charge in [-0.2, -0.15) is 0 Å². The summed E-state index contributed by atoms with van der Waals surface area (Å²) in [5.74, 6) is 0. The van der Waals surface area contributed by atoms with Crippen molar-refractivity contribution >= 4 is 0 Å². The van der Waals surface area contributed by atoms with Crippen LogP contribution in [0.4, 0.5) is 0 Å². The van der Waals surface area contributed by atoms with Crippen molar-refractivity contribution in [1.82, 2.24) is 4.90 Å². The third-order valence-corrected chi connectivity index (χ3v) is 3.48. The molecule has 12 heavy (non-hydrogen) atoms. The maximum Gasteiger partial charge on any atom is 0.0105 e. The molecule has 0 aromatic heterocycles. The largest absolute Gasteiger partial charge is 0.300 e. The minimum absolute atomic E-state index is 0.655. The molecule has 1 aliphatic carbocycles. The Bertz CT molecular complexity index is 148. The van der Waals surface area contributed by atoms with Crippen LogP contribution in [0.3, 0.4) is 0 Å². The van der Waals surface area contributed by atoms with Gasteiger partial charge in [0, 0.05) is 6.04 Å². The van der Waals surface area contributed by atoms with Gasteiger partial charge in [-0.05, 0) is 44.2 Å². The molecule has 1 saturated carbocycles. The zero-order valence-corrected chi connectivity index (χ0v) is 8.47. The molecule has 0 bridgehead atoms. The van der Waals surface area contributed by atoms with Crippen LogP contribution < -0.4 is 0 Å². The van der Waals surface area contributed by atoms with Crippen LogP contribution in [-0.2, 0) is 0 Å². The molecular formula is C11H21N. The lowest BCUT2D eigenvalue weighted by molar-refractivity contribution is 0.0152. The Kier molecular flexibility index (Phi) is 2.16. The van der Waals surface area contributed by atoms with E-state index >= 15 is 0 Å². The first kappa shape index (κ1) is 8.55. The summed E-state index contributed by atoms with van der Waals surface area (Å²) in [7, 11) is 0. The van der Waals surface area contributed by atoms with Crippen molar-refractivity contribution in [2.45, 2.75) is 52.0 Å². The molecule has 1 nitrogen and oxygen atoms in total. The standard InChI is InChI=1S/C11H21N/c1-11(2)8-10(9-11)12-6-4-3-5-7-12/h10H,3-9H2,1-2H3. The molecule has 1 heteroatoms. The molecule has 0 radical (unpaired) electrons. The molecule has 1 saturated heterocycles. The summed E-state index contributed by atoms with van der Waals surface area (Å²) in [4.78, 5) is 2.72. The van der Waals surface area contributed by atoms with E-state index in [4.69, 9.17) is 0 Å². The van der Waals surface area contributed by atoms with Crippen molar-refractivity contribution in [2.24, 2.45) is 5.41 Å². The van der Waals surface area contributed by atoms with Crippen LogP contribution in [-0.4, -0.2) is 24.0 Å². The third-order valence-electron chi connectivity index (χ3n) is 3.48. The second kappa shape index (κ2) is 3.02. The Morgan fingerprint density at radius 3 is 2.08 bits per heavy atom. The zero-order chi connectivity index (χ0) is 8.60. The molecule has 0 aromatic rings. The van der Waals surface area contributed by atoms with E-state index in [1.54, 1.807) is 0 Å². The summed E-state index contributed by atoms with van der Waals surface area (Å²) in [5.41, 5.74) is 0.655. The van der Waals surface area contributed by atoms with E-state index in [9.17, 15) is 0 Å². The first-order chi connectivity index (χ1) is 5.67. The minimum Gasteiger partial charge on any atom is -0.300 e. The van der Waals surface area contributed by atoms with E-state index in [-0.39, 0.29) is 0 Å². The van der Waals surface area contributed by atoms with Crippen LogP contribution in [0, 0.1) is 5.41 Å². The highest BCUT2D eigenvalue weighted by molar-refractivity contribution is 4.93. The average Bonchev–Trinajstić information content (AvgIpc) is 2.02. The van der Waals surface area contributed by atoms with E-state index in [1.165, 1.54) is 45.2 Å². The lowest BCUT2D eigenvalue weighted by Gasteiger charge is -2.49. The summed E-state index contributed by atoms with van der Waals surface area (Å²) in [6.45, 7) is 7.54. The van der Waals surface area contributed by atoms with Crippen LogP contribution in [0.2, 0.25) is 0 Å². The van der Waals surface area contributed by atoms with Gasteiger partial charge in [0.05, 0.1) is 0 Å². The summed E-state index contributed by atoms with van der Waals surface area (Å²) < 4.78 is 0. The molecule has 0 N–H and O–H groups in total. The van der Waals surface area contributed by atoms with Crippen molar-refractivity contribution in [3.05, 3.63) is 0 Å². The number of likely N-dealkylation sites (tertiary alicyclic amines) is 1. The molecule has 70 valence electrons. The van der Waals surface area contributed by atoms with Gasteiger partial charge in [0.1, 0.15) is 0 Å². The molecule has 2 aliphatic rings. The highest BCUT2D eigenvalue weighted by atomic mass is 15.2.